The summed E-state index contributed by atoms with van der Waals surface area (Å²) in [6, 6.07) is 16.4. The van der Waals surface area contributed by atoms with Crippen molar-refractivity contribution in [2.75, 3.05) is 18.0 Å². The average molecular weight is 339 g/mol. The first-order chi connectivity index (χ1) is 12.2. The molecule has 25 heavy (non-hydrogen) atoms. The van der Waals surface area contributed by atoms with E-state index in [-0.39, 0.29) is 6.04 Å². The summed E-state index contributed by atoms with van der Waals surface area (Å²) in [5.41, 5.74) is 3.78. The third kappa shape index (κ3) is 3.70. The van der Waals surface area contributed by atoms with E-state index in [1.807, 2.05) is 42.5 Å². The van der Waals surface area contributed by atoms with Gasteiger partial charge in [0.2, 0.25) is 0 Å². The molecule has 3 N–H and O–H groups in total. The predicted molar refractivity (Wildman–Crippen MR) is 94.7 cm³/mol. The number of aldehydes is 1. The van der Waals surface area contributed by atoms with Crippen LogP contribution >= 0.6 is 0 Å². The lowest BCUT2D eigenvalue weighted by atomic mass is 10.0. The summed E-state index contributed by atoms with van der Waals surface area (Å²) < 4.78 is 0. The summed E-state index contributed by atoms with van der Waals surface area (Å²) in [5.74, 6) is -0.560. The van der Waals surface area contributed by atoms with E-state index in [2.05, 4.69) is 10.2 Å². The fourth-order valence-electron chi connectivity index (χ4n) is 3.28. The Morgan fingerprint density at radius 1 is 1.20 bits per heavy atom. The molecule has 6 heteroatoms. The van der Waals surface area contributed by atoms with Crippen LogP contribution in [0.5, 0.6) is 0 Å². The number of carbonyl (C=O) groups excluding carboxylic acids is 2. The minimum atomic E-state index is -0.560. The fourth-order valence-corrected chi connectivity index (χ4v) is 3.28. The molecule has 0 spiro atoms. The van der Waals surface area contributed by atoms with Crippen molar-refractivity contribution in [1.82, 2.24) is 10.8 Å². The molecule has 1 saturated heterocycles. The number of benzene rings is 2. The van der Waals surface area contributed by atoms with Crippen molar-refractivity contribution in [2.24, 2.45) is 0 Å². The van der Waals surface area contributed by atoms with Crippen molar-refractivity contribution in [2.45, 2.75) is 18.5 Å². The highest BCUT2D eigenvalue weighted by Crippen LogP contribution is 2.30. The maximum absolute atomic E-state index is 11.9. The van der Waals surface area contributed by atoms with Crippen LogP contribution in [0.3, 0.4) is 0 Å². The van der Waals surface area contributed by atoms with E-state index in [1.54, 1.807) is 17.6 Å². The van der Waals surface area contributed by atoms with Gasteiger partial charge < -0.3 is 15.0 Å². The monoisotopic (exact) mass is 339 g/mol. The second-order valence-corrected chi connectivity index (χ2v) is 6.03. The van der Waals surface area contributed by atoms with Crippen LogP contribution < -0.4 is 15.7 Å². The average Bonchev–Trinajstić information content (AvgIpc) is 3.20. The quantitative estimate of drug-likeness (QED) is 0.425. The Hall–Kier alpha value is -2.70. The maximum atomic E-state index is 11.9. The summed E-state index contributed by atoms with van der Waals surface area (Å²) in [6.45, 7) is 1.71. The number of amides is 1. The van der Waals surface area contributed by atoms with Gasteiger partial charge in [-0.1, -0.05) is 30.3 Å². The lowest BCUT2D eigenvalue weighted by Gasteiger charge is -2.35. The molecule has 3 rings (SSSR count). The van der Waals surface area contributed by atoms with Crippen LogP contribution in [-0.2, 0) is 4.79 Å². The van der Waals surface area contributed by atoms with Gasteiger partial charge in [0.1, 0.15) is 12.3 Å². The molecule has 1 amide bonds. The number of hydrogen-bond donors (Lipinski definition) is 3. The van der Waals surface area contributed by atoms with Gasteiger partial charge in [0.05, 0.1) is 0 Å². The molecule has 1 fully saturated rings. The molecule has 1 aliphatic heterocycles. The Morgan fingerprint density at radius 2 is 1.92 bits per heavy atom. The molecule has 0 radical (unpaired) electrons. The van der Waals surface area contributed by atoms with E-state index in [9.17, 15) is 9.59 Å². The van der Waals surface area contributed by atoms with Crippen LogP contribution in [0.15, 0.2) is 54.6 Å². The van der Waals surface area contributed by atoms with Gasteiger partial charge in [0.25, 0.3) is 5.91 Å². The molecule has 2 aromatic carbocycles. The van der Waals surface area contributed by atoms with Crippen molar-refractivity contribution in [3.63, 3.8) is 0 Å². The molecule has 0 saturated carbocycles. The summed E-state index contributed by atoms with van der Waals surface area (Å²) in [6.07, 6.45) is 1.90. The van der Waals surface area contributed by atoms with Gasteiger partial charge in [-0.2, -0.15) is 0 Å². The molecule has 6 nitrogen and oxygen atoms in total. The lowest BCUT2D eigenvalue weighted by Crippen LogP contribution is -2.40. The first kappa shape index (κ1) is 17.1. The first-order valence-corrected chi connectivity index (χ1v) is 8.28. The van der Waals surface area contributed by atoms with Crippen LogP contribution in [-0.4, -0.2) is 36.5 Å². The van der Waals surface area contributed by atoms with E-state index in [0.29, 0.717) is 5.56 Å². The van der Waals surface area contributed by atoms with Crippen molar-refractivity contribution in [1.29, 1.82) is 0 Å². The Balaban J connectivity index is 1.97. The van der Waals surface area contributed by atoms with Crippen LogP contribution in [0.1, 0.15) is 28.4 Å². The highest BCUT2D eigenvalue weighted by Gasteiger charge is 2.29. The number of nitrogens with one attached hydrogen (secondary N) is 2. The van der Waals surface area contributed by atoms with E-state index < -0.39 is 11.9 Å². The van der Waals surface area contributed by atoms with Crippen molar-refractivity contribution in [3.05, 3.63) is 65.7 Å². The van der Waals surface area contributed by atoms with Gasteiger partial charge in [-0.25, -0.2) is 5.48 Å². The zero-order valence-corrected chi connectivity index (χ0v) is 13.8. The number of anilines is 1. The molecule has 1 heterocycles. The first-order valence-electron chi connectivity index (χ1n) is 8.28. The van der Waals surface area contributed by atoms with Crippen molar-refractivity contribution < 1.29 is 14.8 Å². The maximum Gasteiger partial charge on any atom is 0.274 e. The van der Waals surface area contributed by atoms with Crippen LogP contribution in [0.4, 0.5) is 5.69 Å². The number of nitrogens with zero attached hydrogens (tertiary/aromatic N) is 1. The molecule has 0 aromatic heterocycles. The smallest absolute Gasteiger partial charge is 0.274 e. The Bertz CT molecular complexity index is 712. The van der Waals surface area contributed by atoms with Crippen LogP contribution in [0.2, 0.25) is 0 Å². The van der Waals surface area contributed by atoms with Crippen LogP contribution in [0, 0.1) is 0 Å². The Kier molecular flexibility index (Phi) is 5.42. The third-order valence-corrected chi connectivity index (χ3v) is 4.53. The minimum absolute atomic E-state index is 0.188. The molecule has 2 aromatic rings. The number of carbonyl (C=O) groups is 2. The van der Waals surface area contributed by atoms with Crippen molar-refractivity contribution >= 4 is 17.9 Å². The second kappa shape index (κ2) is 7.92. The molecule has 2 unspecified atom stereocenters. The molecular weight excluding hydrogens is 318 g/mol. The second-order valence-electron chi connectivity index (χ2n) is 6.03. The van der Waals surface area contributed by atoms with E-state index in [0.717, 1.165) is 37.0 Å². The summed E-state index contributed by atoms with van der Waals surface area (Å²) >= 11 is 0. The molecule has 1 aliphatic rings. The summed E-state index contributed by atoms with van der Waals surface area (Å²) in [5, 5.41) is 12.1. The third-order valence-electron chi connectivity index (χ3n) is 4.53. The van der Waals surface area contributed by atoms with Gasteiger partial charge >= 0.3 is 0 Å². The Morgan fingerprint density at radius 3 is 2.48 bits per heavy atom. The zero-order valence-electron chi connectivity index (χ0n) is 13.8. The molecule has 2 atom stereocenters. The standard InChI is InChI=1S/C19H21N3O3/c23-13-18(14-4-2-1-3-5-14)22(17-10-11-20-12-17)16-8-6-15(7-9-16)19(24)21-25/h1-9,13,17-18,20,25H,10-12H2,(H,21,24). The molecular formula is C19H21N3O3. The van der Waals surface area contributed by atoms with Gasteiger partial charge in [-0.05, 0) is 42.8 Å². The van der Waals surface area contributed by atoms with Crippen molar-refractivity contribution in [3.8, 4) is 0 Å². The number of hydrogen-bond acceptors (Lipinski definition) is 5. The summed E-state index contributed by atoms with van der Waals surface area (Å²) in [4.78, 5) is 25.6. The number of rotatable bonds is 6. The highest BCUT2D eigenvalue weighted by atomic mass is 16.5. The Labute approximate surface area is 146 Å². The van der Waals surface area contributed by atoms with E-state index in [1.165, 1.54) is 0 Å². The van der Waals surface area contributed by atoms with Gasteiger partial charge in [-0.3, -0.25) is 10.0 Å². The lowest BCUT2D eigenvalue weighted by molar-refractivity contribution is -0.109. The van der Waals surface area contributed by atoms with Gasteiger partial charge in [0, 0.05) is 23.8 Å². The van der Waals surface area contributed by atoms with E-state index in [4.69, 9.17) is 5.21 Å². The van der Waals surface area contributed by atoms with Crippen LogP contribution in [0.25, 0.3) is 0 Å². The number of hydroxylamine groups is 1. The summed E-state index contributed by atoms with van der Waals surface area (Å²) in [7, 11) is 0. The predicted octanol–water partition coefficient (Wildman–Crippen LogP) is 1.91. The molecule has 130 valence electrons. The largest absolute Gasteiger partial charge is 0.353 e. The SMILES string of the molecule is O=CC(c1ccccc1)N(c1ccc(C(=O)NO)cc1)C1CCNC1. The van der Waals surface area contributed by atoms with Gasteiger partial charge in [-0.15, -0.1) is 0 Å². The minimum Gasteiger partial charge on any atom is -0.353 e. The molecule has 0 bridgehead atoms. The molecule has 0 aliphatic carbocycles. The normalized spacial score (nSPS) is 17.7. The van der Waals surface area contributed by atoms with E-state index >= 15 is 0 Å². The highest BCUT2D eigenvalue weighted by molar-refractivity contribution is 5.93. The fraction of sp³-hybridized carbons (Fsp3) is 0.263. The topological polar surface area (TPSA) is 81.7 Å². The van der Waals surface area contributed by atoms with Gasteiger partial charge in [0.15, 0.2) is 0 Å². The zero-order chi connectivity index (χ0) is 17.6.